The van der Waals surface area contributed by atoms with E-state index < -0.39 is 21.8 Å². The van der Waals surface area contributed by atoms with E-state index in [4.69, 9.17) is 14.9 Å². The number of aliphatic carboxylic acids is 2. The van der Waals surface area contributed by atoms with Crippen molar-refractivity contribution in [2.45, 2.75) is 4.90 Å². The van der Waals surface area contributed by atoms with Crippen LogP contribution in [0.25, 0.3) is 0 Å². The molecule has 27 heavy (non-hydrogen) atoms. The summed E-state index contributed by atoms with van der Waals surface area (Å²) in [5.74, 6) is -1.07. The van der Waals surface area contributed by atoms with E-state index in [0.717, 1.165) is 18.9 Å². The number of carbonyl (C=O) groups is 2. The Morgan fingerprint density at radius 2 is 1.93 bits per heavy atom. The van der Waals surface area contributed by atoms with Gasteiger partial charge in [0, 0.05) is 31.0 Å². The van der Waals surface area contributed by atoms with E-state index in [1.54, 1.807) is 25.3 Å². The van der Waals surface area contributed by atoms with Gasteiger partial charge in [-0.3, -0.25) is 4.99 Å². The van der Waals surface area contributed by atoms with E-state index in [-0.39, 0.29) is 4.90 Å². The molecular formula is C16H21N3O7S. The van der Waals surface area contributed by atoms with Crippen molar-refractivity contribution in [1.82, 2.24) is 5.32 Å². The largest absolute Gasteiger partial charge is 0.497 e. The van der Waals surface area contributed by atoms with E-state index in [9.17, 15) is 18.0 Å². The van der Waals surface area contributed by atoms with Crippen molar-refractivity contribution in [3.8, 4) is 5.75 Å². The Kier molecular flexibility index (Phi) is 8.27. The third-order valence-electron chi connectivity index (χ3n) is 3.14. The Hall–Kier alpha value is -3.08. The molecule has 148 valence electrons. The van der Waals surface area contributed by atoms with Crippen molar-refractivity contribution in [1.29, 1.82) is 0 Å². The maximum atomic E-state index is 11.7. The van der Waals surface area contributed by atoms with Crippen LogP contribution in [0.15, 0.2) is 40.2 Å². The summed E-state index contributed by atoms with van der Waals surface area (Å²) in [5.41, 5.74) is 0.526. The van der Waals surface area contributed by atoms with Gasteiger partial charge in [-0.2, -0.15) is 0 Å². The first-order chi connectivity index (χ1) is 12.6. The minimum absolute atomic E-state index is 0.256. The topological polar surface area (TPSA) is 154 Å². The van der Waals surface area contributed by atoms with Gasteiger partial charge in [0.05, 0.1) is 30.8 Å². The van der Waals surface area contributed by atoms with Gasteiger partial charge in [0.1, 0.15) is 11.6 Å². The van der Waals surface area contributed by atoms with E-state index >= 15 is 0 Å². The Morgan fingerprint density at radius 3 is 2.37 bits per heavy atom. The lowest BCUT2D eigenvalue weighted by atomic mass is 10.3. The molecule has 0 amide bonds. The molecule has 0 aromatic heterocycles. The number of hydrogen-bond donors (Lipinski definition) is 4. The van der Waals surface area contributed by atoms with Crippen molar-refractivity contribution in [2.24, 2.45) is 4.99 Å². The smallest absolute Gasteiger partial charge is 0.328 e. The molecule has 1 aromatic carbocycles. The first kappa shape index (κ1) is 22.0. The van der Waals surface area contributed by atoms with Crippen molar-refractivity contribution >= 4 is 33.3 Å². The third-order valence-corrected chi connectivity index (χ3v) is 4.30. The number of nitrogens with zero attached hydrogens (tertiary/aromatic N) is 1. The molecule has 1 heterocycles. The fraction of sp³-hybridized carbons (Fsp3) is 0.312. The minimum atomic E-state index is -3.28. The van der Waals surface area contributed by atoms with Gasteiger partial charge in [-0.25, -0.2) is 18.0 Å². The summed E-state index contributed by atoms with van der Waals surface area (Å²) in [5, 5.41) is 21.8. The van der Waals surface area contributed by atoms with Gasteiger partial charge in [0.15, 0.2) is 9.84 Å². The van der Waals surface area contributed by atoms with Crippen LogP contribution in [0.3, 0.4) is 0 Å². The van der Waals surface area contributed by atoms with Crippen molar-refractivity contribution in [2.75, 3.05) is 38.3 Å². The normalized spacial score (nSPS) is 13.2. The second-order valence-electron chi connectivity index (χ2n) is 5.25. The zero-order valence-corrected chi connectivity index (χ0v) is 15.6. The number of methoxy groups -OCH3 is 1. The van der Waals surface area contributed by atoms with E-state index in [1.165, 1.54) is 6.26 Å². The number of carboxylic acid groups (broad SMARTS) is 2. The number of amidine groups is 1. The van der Waals surface area contributed by atoms with Crippen LogP contribution >= 0.6 is 0 Å². The van der Waals surface area contributed by atoms with Crippen molar-refractivity contribution < 1.29 is 33.0 Å². The van der Waals surface area contributed by atoms with Gasteiger partial charge < -0.3 is 25.6 Å². The van der Waals surface area contributed by atoms with E-state index in [1.807, 2.05) is 0 Å². The number of benzene rings is 1. The third kappa shape index (κ3) is 8.23. The summed E-state index contributed by atoms with van der Waals surface area (Å²) < 4.78 is 28.6. The number of rotatable bonds is 7. The van der Waals surface area contributed by atoms with Gasteiger partial charge in [-0.15, -0.1) is 0 Å². The molecule has 0 radical (unpaired) electrons. The second kappa shape index (κ2) is 10.2. The number of nitrogens with one attached hydrogen (secondary N) is 2. The maximum absolute atomic E-state index is 11.7. The summed E-state index contributed by atoms with van der Waals surface area (Å²) >= 11 is 0. The molecule has 0 unspecified atom stereocenters. The zero-order valence-electron chi connectivity index (χ0n) is 14.8. The van der Waals surface area contributed by atoms with Crippen LogP contribution in [0.5, 0.6) is 5.75 Å². The van der Waals surface area contributed by atoms with E-state index in [0.29, 0.717) is 30.1 Å². The van der Waals surface area contributed by atoms with Gasteiger partial charge in [0.2, 0.25) is 0 Å². The maximum Gasteiger partial charge on any atom is 0.328 e. The molecular weight excluding hydrogens is 378 g/mol. The quantitative estimate of drug-likeness (QED) is 0.471. The predicted octanol–water partition coefficient (Wildman–Crippen LogP) is 0.224. The molecule has 0 atom stereocenters. The van der Waals surface area contributed by atoms with Gasteiger partial charge in [0.25, 0.3) is 0 Å². The summed E-state index contributed by atoms with van der Waals surface area (Å²) in [6.07, 6.45) is 2.30. The number of aliphatic imine (C=N–C) groups is 1. The lowest BCUT2D eigenvalue weighted by Gasteiger charge is -2.12. The molecule has 0 bridgehead atoms. The number of carboxylic acids is 2. The number of ether oxygens (including phenoxy) is 1. The van der Waals surface area contributed by atoms with Crippen LogP contribution in [-0.4, -0.2) is 69.4 Å². The summed E-state index contributed by atoms with van der Waals surface area (Å²) in [4.78, 5) is 23.6. The zero-order chi connectivity index (χ0) is 20.4. The fourth-order valence-electron chi connectivity index (χ4n) is 1.98. The second-order valence-corrected chi connectivity index (χ2v) is 7.24. The van der Waals surface area contributed by atoms with Crippen LogP contribution in [0.4, 0.5) is 5.69 Å². The van der Waals surface area contributed by atoms with Crippen molar-refractivity contribution in [3.63, 3.8) is 0 Å². The lowest BCUT2D eigenvalue weighted by Crippen LogP contribution is -2.26. The summed E-state index contributed by atoms with van der Waals surface area (Å²) in [7, 11) is -1.74. The van der Waals surface area contributed by atoms with E-state index in [2.05, 4.69) is 15.6 Å². The molecule has 1 aliphatic rings. The Labute approximate surface area is 156 Å². The van der Waals surface area contributed by atoms with Crippen LogP contribution in [-0.2, 0) is 19.4 Å². The molecule has 4 N–H and O–H groups in total. The molecule has 0 saturated carbocycles. The predicted molar refractivity (Wildman–Crippen MR) is 99.3 cm³/mol. The van der Waals surface area contributed by atoms with Gasteiger partial charge >= 0.3 is 11.9 Å². The Balaban J connectivity index is 0.000000387. The first-order valence-electron chi connectivity index (χ1n) is 7.66. The molecule has 0 fully saturated rings. The molecule has 10 nitrogen and oxygen atoms in total. The number of hydrogen-bond acceptors (Lipinski definition) is 8. The Bertz CT molecular complexity index is 832. The SMILES string of the molecule is COc1ccc(S(C)(=O)=O)c(NCC2=NCCN2)c1.O=C(O)/C=C/C(=O)O. The highest BCUT2D eigenvalue weighted by molar-refractivity contribution is 7.90. The van der Waals surface area contributed by atoms with Crippen LogP contribution in [0.2, 0.25) is 0 Å². The number of sulfone groups is 1. The summed E-state index contributed by atoms with van der Waals surface area (Å²) in [6.45, 7) is 2.05. The molecule has 1 aliphatic heterocycles. The van der Waals surface area contributed by atoms with Crippen molar-refractivity contribution in [3.05, 3.63) is 30.4 Å². The molecule has 1 aromatic rings. The minimum Gasteiger partial charge on any atom is -0.497 e. The molecule has 0 spiro atoms. The molecule has 0 saturated heterocycles. The fourth-order valence-corrected chi connectivity index (χ4v) is 2.83. The molecule has 2 rings (SSSR count). The van der Waals surface area contributed by atoms with Crippen LogP contribution < -0.4 is 15.4 Å². The molecule has 11 heteroatoms. The van der Waals surface area contributed by atoms with Gasteiger partial charge in [-0.1, -0.05) is 0 Å². The highest BCUT2D eigenvalue weighted by Crippen LogP contribution is 2.26. The first-order valence-corrected chi connectivity index (χ1v) is 9.55. The van der Waals surface area contributed by atoms with Crippen LogP contribution in [0, 0.1) is 0 Å². The number of anilines is 1. The summed E-state index contributed by atoms with van der Waals surface area (Å²) in [6, 6.07) is 4.85. The van der Waals surface area contributed by atoms with Crippen LogP contribution in [0.1, 0.15) is 0 Å². The Morgan fingerprint density at radius 1 is 1.30 bits per heavy atom. The molecule has 0 aliphatic carbocycles. The average molecular weight is 399 g/mol. The standard InChI is InChI=1S/C12H17N3O3S.C4H4O4/c1-18-9-3-4-11(19(2,16)17)10(7-9)15-8-12-13-5-6-14-12;5-3(6)1-2-4(7)8/h3-4,7,15H,5-6,8H2,1-2H3,(H,13,14);1-2H,(H,5,6)(H,7,8)/b;2-1+. The highest BCUT2D eigenvalue weighted by atomic mass is 32.2. The van der Waals surface area contributed by atoms with Gasteiger partial charge in [-0.05, 0) is 12.1 Å². The monoisotopic (exact) mass is 399 g/mol. The lowest BCUT2D eigenvalue weighted by molar-refractivity contribution is -0.134. The average Bonchev–Trinajstić information content (AvgIpc) is 3.11. The highest BCUT2D eigenvalue weighted by Gasteiger charge is 2.15.